The molecule has 1 aliphatic heterocycles. The van der Waals surface area contributed by atoms with Crippen LogP contribution in [0.2, 0.25) is 0 Å². The number of methoxy groups -OCH3 is 1. The van der Waals surface area contributed by atoms with Gasteiger partial charge in [-0.15, -0.1) is 0 Å². The quantitative estimate of drug-likeness (QED) is 0.617. The van der Waals surface area contributed by atoms with Gasteiger partial charge >= 0.3 is 0 Å². The first-order valence-electron chi connectivity index (χ1n) is 9.43. The Balaban J connectivity index is 1.40. The minimum absolute atomic E-state index is 0.0573. The Morgan fingerprint density at radius 2 is 2.24 bits per heavy atom. The summed E-state index contributed by atoms with van der Waals surface area (Å²) >= 11 is 0. The maximum absolute atomic E-state index is 12.8. The first kappa shape index (κ1) is 19.0. The molecule has 1 atom stereocenters. The van der Waals surface area contributed by atoms with Gasteiger partial charge in [0.1, 0.15) is 11.5 Å². The van der Waals surface area contributed by atoms with E-state index in [1.54, 1.807) is 36.7 Å². The van der Waals surface area contributed by atoms with E-state index in [1.807, 2.05) is 33.7 Å². The Morgan fingerprint density at radius 3 is 3.03 bits per heavy atom. The zero-order valence-electron chi connectivity index (χ0n) is 16.2. The van der Waals surface area contributed by atoms with Gasteiger partial charge < -0.3 is 28.5 Å². The third kappa shape index (κ3) is 4.09. The van der Waals surface area contributed by atoms with Crippen LogP contribution in [0, 0.1) is 0 Å². The van der Waals surface area contributed by atoms with E-state index >= 15 is 0 Å². The van der Waals surface area contributed by atoms with Crippen molar-refractivity contribution < 1.29 is 18.7 Å². The SMILES string of the molecule is COCCN1C(=O)c2cccn2CC1CNC(=O)c1ccc(Cn2ccnc2)o1. The molecule has 3 aromatic rings. The van der Waals surface area contributed by atoms with Gasteiger partial charge in [-0.3, -0.25) is 9.59 Å². The first-order valence-corrected chi connectivity index (χ1v) is 9.43. The van der Waals surface area contributed by atoms with E-state index in [4.69, 9.17) is 9.15 Å². The molecule has 4 rings (SSSR count). The number of carbonyl (C=O) groups excluding carboxylic acids is 2. The summed E-state index contributed by atoms with van der Waals surface area (Å²) in [5.41, 5.74) is 0.652. The third-order valence-corrected chi connectivity index (χ3v) is 4.98. The lowest BCUT2D eigenvalue weighted by atomic mass is 10.1. The lowest BCUT2D eigenvalue weighted by Gasteiger charge is -2.36. The highest BCUT2D eigenvalue weighted by atomic mass is 16.5. The van der Waals surface area contributed by atoms with Crippen LogP contribution in [0.15, 0.2) is 53.6 Å². The number of carbonyl (C=O) groups is 2. The summed E-state index contributed by atoms with van der Waals surface area (Å²) in [6, 6.07) is 6.92. The molecule has 0 spiro atoms. The number of fused-ring (bicyclic) bond motifs is 1. The van der Waals surface area contributed by atoms with Crippen LogP contribution in [0.4, 0.5) is 0 Å². The maximum atomic E-state index is 12.8. The lowest BCUT2D eigenvalue weighted by molar-refractivity contribution is 0.0503. The standard InChI is InChI=1S/C20H23N5O4/c1-28-10-9-25-15(12-24-7-2-3-17(24)20(25)27)11-22-19(26)18-5-4-16(29-18)13-23-8-6-21-14-23/h2-8,14-15H,9-13H2,1H3,(H,22,26). The van der Waals surface area contributed by atoms with Gasteiger partial charge in [0.2, 0.25) is 0 Å². The van der Waals surface area contributed by atoms with E-state index in [9.17, 15) is 9.59 Å². The molecule has 0 bridgehead atoms. The van der Waals surface area contributed by atoms with Crippen molar-refractivity contribution in [3.05, 3.63) is 66.4 Å². The van der Waals surface area contributed by atoms with Crippen LogP contribution in [0.5, 0.6) is 0 Å². The van der Waals surface area contributed by atoms with Gasteiger partial charge in [0, 0.05) is 45.3 Å². The van der Waals surface area contributed by atoms with Crippen molar-refractivity contribution in [1.29, 1.82) is 0 Å². The number of nitrogens with zero attached hydrogens (tertiary/aromatic N) is 4. The average Bonchev–Trinajstić information content (AvgIpc) is 3.48. The fraction of sp³-hybridized carbons (Fsp3) is 0.350. The van der Waals surface area contributed by atoms with Gasteiger partial charge in [-0.05, 0) is 24.3 Å². The largest absolute Gasteiger partial charge is 0.454 e. The highest BCUT2D eigenvalue weighted by Crippen LogP contribution is 2.18. The highest BCUT2D eigenvalue weighted by molar-refractivity contribution is 5.94. The van der Waals surface area contributed by atoms with Crippen LogP contribution in [0.1, 0.15) is 26.8 Å². The van der Waals surface area contributed by atoms with E-state index in [2.05, 4.69) is 10.3 Å². The molecular weight excluding hydrogens is 374 g/mol. The molecule has 0 fully saturated rings. The van der Waals surface area contributed by atoms with Gasteiger partial charge in [0.05, 0.1) is 25.5 Å². The average molecular weight is 397 g/mol. The molecule has 1 N–H and O–H groups in total. The minimum Gasteiger partial charge on any atom is -0.454 e. The van der Waals surface area contributed by atoms with Crippen LogP contribution >= 0.6 is 0 Å². The Morgan fingerprint density at radius 1 is 1.34 bits per heavy atom. The molecule has 4 heterocycles. The topological polar surface area (TPSA) is 94.5 Å². The van der Waals surface area contributed by atoms with Gasteiger partial charge in [0.25, 0.3) is 11.8 Å². The van der Waals surface area contributed by atoms with E-state index < -0.39 is 0 Å². The second kappa shape index (κ2) is 8.36. The molecule has 152 valence electrons. The summed E-state index contributed by atoms with van der Waals surface area (Å²) in [6.07, 6.45) is 7.08. The molecule has 2 amide bonds. The second-order valence-corrected chi connectivity index (χ2v) is 6.90. The van der Waals surface area contributed by atoms with Crippen LogP contribution < -0.4 is 5.32 Å². The molecule has 0 saturated carbocycles. The van der Waals surface area contributed by atoms with Crippen LogP contribution in [-0.4, -0.2) is 63.7 Å². The summed E-state index contributed by atoms with van der Waals surface area (Å²) in [6.45, 7) is 2.35. The van der Waals surface area contributed by atoms with E-state index in [1.165, 1.54) is 0 Å². The number of aromatic nitrogens is 3. The number of amides is 2. The Hall–Kier alpha value is -3.33. The molecule has 0 aliphatic carbocycles. The number of rotatable bonds is 8. The van der Waals surface area contributed by atoms with Crippen molar-refractivity contribution >= 4 is 11.8 Å². The summed E-state index contributed by atoms with van der Waals surface area (Å²) in [5, 5.41) is 2.89. The number of nitrogens with one attached hydrogen (secondary N) is 1. The van der Waals surface area contributed by atoms with Crippen molar-refractivity contribution in [2.45, 2.75) is 19.1 Å². The molecule has 1 aliphatic rings. The van der Waals surface area contributed by atoms with Crippen molar-refractivity contribution in [2.75, 3.05) is 26.8 Å². The molecule has 3 aromatic heterocycles. The van der Waals surface area contributed by atoms with Gasteiger partial charge in [0.15, 0.2) is 5.76 Å². The molecular formula is C20H23N5O4. The molecule has 1 unspecified atom stereocenters. The predicted octanol–water partition coefficient (Wildman–Crippen LogP) is 1.23. The van der Waals surface area contributed by atoms with E-state index in [0.717, 1.165) is 0 Å². The second-order valence-electron chi connectivity index (χ2n) is 6.90. The Labute approximate surface area is 167 Å². The van der Waals surface area contributed by atoms with Crippen molar-refractivity contribution in [2.24, 2.45) is 0 Å². The number of imidazole rings is 1. The van der Waals surface area contributed by atoms with Crippen LogP contribution in [-0.2, 0) is 17.8 Å². The highest BCUT2D eigenvalue weighted by Gasteiger charge is 2.32. The molecule has 0 saturated heterocycles. The van der Waals surface area contributed by atoms with Crippen molar-refractivity contribution in [3.63, 3.8) is 0 Å². The Bertz CT molecular complexity index is 975. The van der Waals surface area contributed by atoms with Crippen LogP contribution in [0.25, 0.3) is 0 Å². The Kier molecular flexibility index (Phi) is 5.48. The van der Waals surface area contributed by atoms with Gasteiger partial charge in [-0.25, -0.2) is 4.98 Å². The zero-order chi connectivity index (χ0) is 20.2. The number of hydrogen-bond donors (Lipinski definition) is 1. The van der Waals surface area contributed by atoms with Crippen molar-refractivity contribution in [1.82, 2.24) is 24.3 Å². The summed E-state index contributed by atoms with van der Waals surface area (Å²) in [4.78, 5) is 31.1. The lowest BCUT2D eigenvalue weighted by Crippen LogP contribution is -2.53. The fourth-order valence-electron chi connectivity index (χ4n) is 3.50. The summed E-state index contributed by atoms with van der Waals surface area (Å²) in [7, 11) is 1.60. The van der Waals surface area contributed by atoms with E-state index in [0.29, 0.717) is 44.2 Å². The van der Waals surface area contributed by atoms with Crippen molar-refractivity contribution in [3.8, 4) is 0 Å². The number of hydrogen-bond acceptors (Lipinski definition) is 5. The molecule has 9 nitrogen and oxygen atoms in total. The third-order valence-electron chi connectivity index (χ3n) is 4.98. The minimum atomic E-state index is -0.306. The van der Waals surface area contributed by atoms with Gasteiger partial charge in [-0.2, -0.15) is 0 Å². The zero-order valence-corrected chi connectivity index (χ0v) is 16.2. The molecule has 0 aromatic carbocycles. The normalized spacial score (nSPS) is 16.1. The predicted molar refractivity (Wildman–Crippen MR) is 104 cm³/mol. The van der Waals surface area contributed by atoms with E-state index in [-0.39, 0.29) is 23.6 Å². The summed E-state index contributed by atoms with van der Waals surface area (Å²) < 4.78 is 14.6. The smallest absolute Gasteiger partial charge is 0.287 e. The molecule has 9 heteroatoms. The summed E-state index contributed by atoms with van der Waals surface area (Å²) in [5.74, 6) is 0.546. The first-order chi connectivity index (χ1) is 14.2. The van der Waals surface area contributed by atoms with Crippen LogP contribution in [0.3, 0.4) is 0 Å². The maximum Gasteiger partial charge on any atom is 0.287 e. The number of furan rings is 1. The van der Waals surface area contributed by atoms with Gasteiger partial charge in [-0.1, -0.05) is 0 Å². The molecule has 29 heavy (non-hydrogen) atoms. The molecule has 0 radical (unpaired) electrons. The fourth-order valence-corrected chi connectivity index (χ4v) is 3.50. The number of ether oxygens (including phenoxy) is 1. The monoisotopic (exact) mass is 397 g/mol.